The number of hydrogen-bond donors (Lipinski definition) is 2. The number of nitrogens with zero attached hydrogens (tertiary/aromatic N) is 4. The van der Waals surface area contributed by atoms with E-state index < -0.39 is 14.5 Å². The van der Waals surface area contributed by atoms with E-state index in [1.54, 1.807) is 13.8 Å². The van der Waals surface area contributed by atoms with Gasteiger partial charge in [-0.05, 0) is 39.8 Å². The minimum atomic E-state index is -2.94. The van der Waals surface area contributed by atoms with E-state index >= 15 is 0 Å². The molecule has 0 spiro atoms. The Morgan fingerprint density at radius 3 is 2.76 bits per heavy atom. The van der Waals surface area contributed by atoms with Gasteiger partial charge in [-0.15, -0.1) is 0 Å². The Morgan fingerprint density at radius 2 is 2.14 bits per heavy atom. The van der Waals surface area contributed by atoms with Crippen LogP contribution in [0.1, 0.15) is 32.0 Å². The van der Waals surface area contributed by atoms with Crippen molar-refractivity contribution in [2.24, 2.45) is 0 Å². The zero-order chi connectivity index (χ0) is 21.0. The lowest BCUT2D eigenvalue weighted by molar-refractivity contribution is 0.0985. The van der Waals surface area contributed by atoms with E-state index in [9.17, 15) is 4.21 Å². The van der Waals surface area contributed by atoms with Gasteiger partial charge in [0.25, 0.3) is 0 Å². The highest BCUT2D eigenvalue weighted by Gasteiger charge is 2.35. The molecule has 0 saturated carbocycles. The van der Waals surface area contributed by atoms with E-state index in [1.165, 1.54) is 6.26 Å². The Balaban J connectivity index is 1.99. The fourth-order valence-corrected chi connectivity index (χ4v) is 4.06. The van der Waals surface area contributed by atoms with Crippen LogP contribution in [-0.4, -0.2) is 56.6 Å². The summed E-state index contributed by atoms with van der Waals surface area (Å²) in [5.74, 6) is 0.733. The Bertz CT molecular complexity index is 1160. The van der Waals surface area contributed by atoms with Crippen molar-refractivity contribution in [1.29, 1.82) is 4.78 Å². The third-order valence-corrected chi connectivity index (χ3v) is 7.81. The maximum absolute atomic E-state index is 12.8. The molecule has 1 fully saturated rings. The predicted octanol–water partition coefficient (Wildman–Crippen LogP) is 3.06. The first kappa shape index (κ1) is 19.8. The monoisotopic (exact) mass is 418 g/mol. The summed E-state index contributed by atoms with van der Waals surface area (Å²) < 4.78 is 31.4. The molecule has 3 aromatic heterocycles. The molecule has 0 bridgehead atoms. The largest absolute Gasteiger partial charge is 0.377 e. The van der Waals surface area contributed by atoms with Crippen LogP contribution in [0, 0.1) is 11.7 Å². The van der Waals surface area contributed by atoms with E-state index in [2.05, 4.69) is 27.2 Å². The van der Waals surface area contributed by atoms with Crippen LogP contribution >= 0.6 is 0 Å². The Hall–Kier alpha value is -2.46. The number of ether oxygens (including phenoxy) is 1. The molecule has 0 radical (unpaired) electrons. The minimum Gasteiger partial charge on any atom is -0.377 e. The van der Waals surface area contributed by atoms with Crippen molar-refractivity contribution in [2.75, 3.05) is 30.9 Å². The number of H-pyrrole nitrogens is 1. The number of morpholine rings is 1. The molecule has 2 N–H and O–H groups in total. The number of aryl methyl sites for hydroxylation is 1. The molecule has 156 valence electrons. The fraction of sp³-hybridized carbons (Fsp3) is 0.526. The lowest BCUT2D eigenvalue weighted by Crippen LogP contribution is -2.44. The highest BCUT2D eigenvalue weighted by atomic mass is 32.2. The van der Waals surface area contributed by atoms with E-state index in [4.69, 9.17) is 19.0 Å². The second-order valence-electron chi connectivity index (χ2n) is 8.14. The van der Waals surface area contributed by atoms with Crippen molar-refractivity contribution in [1.82, 2.24) is 20.3 Å². The highest BCUT2D eigenvalue weighted by molar-refractivity contribution is 7.92. The van der Waals surface area contributed by atoms with Crippen LogP contribution in [-0.2, 0) is 19.2 Å². The van der Waals surface area contributed by atoms with Crippen molar-refractivity contribution in [3.05, 3.63) is 23.4 Å². The molecule has 0 amide bonds. The first-order valence-corrected chi connectivity index (χ1v) is 11.5. The van der Waals surface area contributed by atoms with Gasteiger partial charge in [0.15, 0.2) is 11.3 Å². The molecule has 1 aliphatic rings. The molecule has 0 aliphatic carbocycles. The lowest BCUT2D eigenvalue weighted by Gasteiger charge is -2.35. The SMILES string of the molecule is Cc1cc(-c2noc3c(C(C)(C)S(C)(=N)=O)cc(N4CCOCC4C)nc23)n[nH]1. The van der Waals surface area contributed by atoms with Gasteiger partial charge in [0, 0.05) is 24.1 Å². The van der Waals surface area contributed by atoms with Crippen LogP contribution in [0.15, 0.2) is 16.7 Å². The van der Waals surface area contributed by atoms with Gasteiger partial charge >= 0.3 is 0 Å². The first-order chi connectivity index (χ1) is 13.6. The van der Waals surface area contributed by atoms with E-state index in [1.807, 2.05) is 19.1 Å². The van der Waals surface area contributed by atoms with Crippen LogP contribution in [0.2, 0.25) is 0 Å². The summed E-state index contributed by atoms with van der Waals surface area (Å²) in [6.45, 7) is 9.50. The Morgan fingerprint density at radius 1 is 1.38 bits per heavy atom. The number of fused-ring (bicyclic) bond motifs is 1. The molecule has 4 rings (SSSR count). The summed E-state index contributed by atoms with van der Waals surface area (Å²) in [4.78, 5) is 7.02. The van der Waals surface area contributed by atoms with E-state index in [0.29, 0.717) is 47.8 Å². The number of pyridine rings is 1. The molecule has 29 heavy (non-hydrogen) atoms. The van der Waals surface area contributed by atoms with Crippen LogP contribution in [0.5, 0.6) is 0 Å². The normalized spacial score (nSPS) is 20.2. The van der Waals surface area contributed by atoms with Crippen molar-refractivity contribution < 1.29 is 13.5 Å². The van der Waals surface area contributed by atoms with Crippen LogP contribution < -0.4 is 4.90 Å². The minimum absolute atomic E-state index is 0.141. The summed E-state index contributed by atoms with van der Waals surface area (Å²) in [6, 6.07) is 3.90. The van der Waals surface area contributed by atoms with E-state index in [-0.39, 0.29) is 6.04 Å². The van der Waals surface area contributed by atoms with Gasteiger partial charge in [-0.3, -0.25) is 9.88 Å². The zero-order valence-electron chi connectivity index (χ0n) is 17.3. The van der Waals surface area contributed by atoms with Gasteiger partial charge in [0.05, 0.1) is 33.7 Å². The van der Waals surface area contributed by atoms with Gasteiger partial charge in [0.2, 0.25) is 0 Å². The summed E-state index contributed by atoms with van der Waals surface area (Å²) in [5.41, 5.74) is 3.71. The second-order valence-corrected chi connectivity index (χ2v) is 10.9. The molecule has 2 unspecified atom stereocenters. The molecular weight excluding hydrogens is 392 g/mol. The van der Waals surface area contributed by atoms with Gasteiger partial charge in [0.1, 0.15) is 17.0 Å². The first-order valence-electron chi connectivity index (χ1n) is 9.50. The molecular formula is C19H26N6O3S. The Kier molecular flexibility index (Phi) is 4.66. The van der Waals surface area contributed by atoms with Crippen molar-refractivity contribution in [3.8, 4) is 11.4 Å². The topological polar surface area (TPSA) is 121 Å². The van der Waals surface area contributed by atoms with Gasteiger partial charge in [-0.25, -0.2) is 9.19 Å². The van der Waals surface area contributed by atoms with Crippen molar-refractivity contribution >= 4 is 26.6 Å². The summed E-state index contributed by atoms with van der Waals surface area (Å²) in [5, 5.41) is 11.4. The van der Waals surface area contributed by atoms with Gasteiger partial charge in [-0.1, -0.05) is 5.16 Å². The van der Waals surface area contributed by atoms with Crippen molar-refractivity contribution in [3.63, 3.8) is 0 Å². The van der Waals surface area contributed by atoms with Gasteiger partial charge in [-0.2, -0.15) is 5.10 Å². The van der Waals surface area contributed by atoms with Gasteiger partial charge < -0.3 is 14.2 Å². The fourth-order valence-electron chi connectivity index (χ4n) is 3.49. The molecule has 1 saturated heterocycles. The summed E-state index contributed by atoms with van der Waals surface area (Å²) in [7, 11) is -2.94. The number of aromatic amines is 1. The number of nitrogens with one attached hydrogen (secondary N) is 2. The van der Waals surface area contributed by atoms with Crippen molar-refractivity contribution in [2.45, 2.75) is 38.5 Å². The summed E-state index contributed by atoms with van der Waals surface area (Å²) >= 11 is 0. The molecule has 10 heteroatoms. The quantitative estimate of drug-likeness (QED) is 0.668. The number of rotatable bonds is 4. The third kappa shape index (κ3) is 3.29. The zero-order valence-corrected chi connectivity index (χ0v) is 18.1. The van der Waals surface area contributed by atoms with Crippen LogP contribution in [0.3, 0.4) is 0 Å². The third-order valence-electron chi connectivity index (χ3n) is 5.64. The average molecular weight is 419 g/mol. The second kappa shape index (κ2) is 6.81. The standard InChI is InChI=1S/C19H26N6O3S/c1-11-8-14(23-22-11)16-17-18(28-24-16)13(19(3,4)29(5,20)26)9-15(21-17)25-6-7-27-10-12(25)2/h8-9,12,20H,6-7,10H2,1-5H3,(H,22,23). The smallest absolute Gasteiger partial charge is 0.190 e. The van der Waals surface area contributed by atoms with Crippen LogP contribution in [0.4, 0.5) is 5.82 Å². The average Bonchev–Trinajstić information content (AvgIpc) is 3.26. The number of aromatic nitrogens is 4. The number of hydrogen-bond acceptors (Lipinski definition) is 8. The van der Waals surface area contributed by atoms with Crippen LogP contribution in [0.25, 0.3) is 22.5 Å². The molecule has 1 aliphatic heterocycles. The molecule has 3 aromatic rings. The molecule has 2 atom stereocenters. The molecule has 9 nitrogen and oxygen atoms in total. The molecule has 0 aromatic carbocycles. The maximum atomic E-state index is 12.8. The summed E-state index contributed by atoms with van der Waals surface area (Å²) in [6.07, 6.45) is 1.45. The Labute approximate surface area is 169 Å². The number of anilines is 1. The maximum Gasteiger partial charge on any atom is 0.190 e. The molecule has 4 heterocycles. The highest BCUT2D eigenvalue weighted by Crippen LogP contribution is 2.39. The lowest BCUT2D eigenvalue weighted by atomic mass is 10.0. The predicted molar refractivity (Wildman–Crippen MR) is 112 cm³/mol. The van der Waals surface area contributed by atoms with E-state index in [0.717, 1.165) is 11.5 Å².